The molecule has 0 bridgehead atoms. The third kappa shape index (κ3) is 4.67. The maximum Gasteiger partial charge on any atom is 0.358 e. The second-order valence-corrected chi connectivity index (χ2v) is 6.70. The molecule has 0 aliphatic heterocycles. The molecule has 1 rings (SSSR count). The number of sulfonamides is 1. The van der Waals surface area contributed by atoms with Gasteiger partial charge in [0.1, 0.15) is 0 Å². The Labute approximate surface area is 121 Å². The van der Waals surface area contributed by atoms with Crippen LogP contribution in [0.1, 0.15) is 17.4 Å². The van der Waals surface area contributed by atoms with Crippen LogP contribution in [0.2, 0.25) is 0 Å². The summed E-state index contributed by atoms with van der Waals surface area (Å²) in [4.78, 5) is 15.1. The Hall–Kier alpha value is -1.29. The van der Waals surface area contributed by atoms with Gasteiger partial charge in [0, 0.05) is 6.54 Å². The Balaban J connectivity index is 2.63. The summed E-state index contributed by atoms with van der Waals surface area (Å²) in [7, 11) is -2.64. The van der Waals surface area contributed by atoms with E-state index in [9.17, 15) is 13.2 Å². The molecule has 112 valence electrons. The summed E-state index contributed by atoms with van der Waals surface area (Å²) >= 11 is 0.852. The van der Waals surface area contributed by atoms with E-state index in [-0.39, 0.29) is 23.1 Å². The molecule has 0 radical (unpaired) electrons. The summed E-state index contributed by atoms with van der Waals surface area (Å²) in [5.74, 6) is -0.787. The summed E-state index contributed by atoms with van der Waals surface area (Å²) in [6.07, 6.45) is 0. The number of carbonyl (C=O) groups excluding carboxylic acids is 1. The topological polar surface area (TPSA) is 94.6 Å². The van der Waals surface area contributed by atoms with Gasteiger partial charge < -0.3 is 9.47 Å². The average molecular weight is 320 g/mol. The van der Waals surface area contributed by atoms with Crippen molar-refractivity contribution in [3.63, 3.8) is 0 Å². The highest BCUT2D eigenvalue weighted by molar-refractivity contribution is 7.91. The SMILES string of the molecule is C=C(C)COCCNS(=O)(=O)c1scnc1C(=O)OC. The first-order valence-electron chi connectivity index (χ1n) is 5.62. The Bertz CT molecular complexity index is 579. The lowest BCUT2D eigenvalue weighted by Gasteiger charge is -2.06. The van der Waals surface area contributed by atoms with Crippen LogP contribution in [0.15, 0.2) is 21.9 Å². The minimum Gasteiger partial charge on any atom is -0.464 e. The molecule has 0 fully saturated rings. The van der Waals surface area contributed by atoms with Crippen LogP contribution in [-0.4, -0.2) is 46.2 Å². The number of carbonyl (C=O) groups is 1. The van der Waals surface area contributed by atoms with E-state index in [1.807, 2.05) is 6.92 Å². The normalized spacial score (nSPS) is 11.3. The van der Waals surface area contributed by atoms with Gasteiger partial charge in [-0.1, -0.05) is 12.2 Å². The molecule has 0 atom stereocenters. The standard InChI is InChI=1S/C11H16N2O5S2/c1-8(2)6-18-5-4-13-20(15,16)11-9(10(14)17-3)12-7-19-11/h7,13H,1,4-6H2,2-3H3. The maximum absolute atomic E-state index is 12.0. The van der Waals surface area contributed by atoms with E-state index in [0.717, 1.165) is 24.0 Å². The Morgan fingerprint density at radius 2 is 2.25 bits per heavy atom. The van der Waals surface area contributed by atoms with Gasteiger partial charge in [-0.25, -0.2) is 22.9 Å². The Morgan fingerprint density at radius 3 is 2.85 bits per heavy atom. The molecule has 1 heterocycles. The number of thiazole rings is 1. The van der Waals surface area contributed by atoms with Crippen molar-refractivity contribution in [3.05, 3.63) is 23.4 Å². The minimum absolute atomic E-state index is 0.0914. The molecule has 0 aromatic carbocycles. The molecule has 0 saturated heterocycles. The van der Waals surface area contributed by atoms with E-state index in [4.69, 9.17) is 4.74 Å². The molecule has 20 heavy (non-hydrogen) atoms. The minimum atomic E-state index is -3.80. The summed E-state index contributed by atoms with van der Waals surface area (Å²) < 4.78 is 35.8. The number of nitrogens with one attached hydrogen (secondary N) is 1. The first-order valence-corrected chi connectivity index (χ1v) is 7.98. The Morgan fingerprint density at radius 1 is 1.55 bits per heavy atom. The molecule has 9 heteroatoms. The van der Waals surface area contributed by atoms with E-state index in [2.05, 4.69) is 21.0 Å². The van der Waals surface area contributed by atoms with Gasteiger partial charge in [0.05, 0.1) is 25.8 Å². The fourth-order valence-corrected chi connectivity index (χ4v) is 3.41. The maximum atomic E-state index is 12.0. The van der Waals surface area contributed by atoms with Crippen LogP contribution in [0.4, 0.5) is 0 Å². The number of rotatable bonds is 8. The molecule has 1 aromatic heterocycles. The van der Waals surface area contributed by atoms with Crippen LogP contribution in [0, 0.1) is 0 Å². The van der Waals surface area contributed by atoms with E-state index >= 15 is 0 Å². The van der Waals surface area contributed by atoms with Crippen LogP contribution < -0.4 is 4.72 Å². The highest BCUT2D eigenvalue weighted by Crippen LogP contribution is 2.20. The second kappa shape index (κ2) is 7.48. The number of hydrogen-bond donors (Lipinski definition) is 1. The van der Waals surface area contributed by atoms with E-state index in [1.165, 1.54) is 5.51 Å². The summed E-state index contributed by atoms with van der Waals surface area (Å²) in [5.41, 5.74) is 1.91. The van der Waals surface area contributed by atoms with E-state index in [1.54, 1.807) is 0 Å². The number of methoxy groups -OCH3 is 1. The molecule has 7 nitrogen and oxygen atoms in total. The molecule has 1 aromatic rings. The van der Waals surface area contributed by atoms with Gasteiger partial charge in [0.2, 0.25) is 0 Å². The van der Waals surface area contributed by atoms with Crippen LogP contribution in [0.25, 0.3) is 0 Å². The van der Waals surface area contributed by atoms with Crippen molar-refractivity contribution in [2.75, 3.05) is 26.9 Å². The molecular weight excluding hydrogens is 304 g/mol. The van der Waals surface area contributed by atoms with Crippen molar-refractivity contribution in [2.24, 2.45) is 0 Å². The lowest BCUT2D eigenvalue weighted by atomic mass is 10.4. The summed E-state index contributed by atoms with van der Waals surface area (Å²) in [6, 6.07) is 0. The van der Waals surface area contributed by atoms with Gasteiger partial charge >= 0.3 is 5.97 Å². The van der Waals surface area contributed by atoms with Crippen LogP contribution in [0.5, 0.6) is 0 Å². The molecule has 1 N–H and O–H groups in total. The number of nitrogens with zero attached hydrogens (tertiary/aromatic N) is 1. The molecular formula is C11H16N2O5S2. The summed E-state index contributed by atoms with van der Waals surface area (Å²) in [5, 5.41) is 0. The number of ether oxygens (including phenoxy) is 2. The molecule has 0 aliphatic rings. The first-order chi connectivity index (χ1) is 9.38. The van der Waals surface area contributed by atoms with Crippen molar-refractivity contribution in [1.82, 2.24) is 9.71 Å². The van der Waals surface area contributed by atoms with Gasteiger partial charge in [-0.05, 0) is 6.92 Å². The lowest BCUT2D eigenvalue weighted by molar-refractivity contribution is 0.0590. The molecule has 0 aliphatic carbocycles. The van der Waals surface area contributed by atoms with Crippen molar-refractivity contribution in [3.8, 4) is 0 Å². The molecule has 0 amide bonds. The molecule has 0 saturated carbocycles. The number of esters is 1. The third-order valence-electron chi connectivity index (χ3n) is 2.04. The van der Waals surface area contributed by atoms with Crippen molar-refractivity contribution >= 4 is 27.3 Å². The van der Waals surface area contributed by atoms with Crippen LogP contribution in [0.3, 0.4) is 0 Å². The zero-order valence-electron chi connectivity index (χ0n) is 11.2. The van der Waals surface area contributed by atoms with Gasteiger partial charge in [-0.15, -0.1) is 11.3 Å². The van der Waals surface area contributed by atoms with Crippen LogP contribution >= 0.6 is 11.3 Å². The monoisotopic (exact) mass is 320 g/mol. The number of hydrogen-bond acceptors (Lipinski definition) is 7. The smallest absolute Gasteiger partial charge is 0.358 e. The number of aromatic nitrogens is 1. The highest BCUT2D eigenvalue weighted by Gasteiger charge is 2.26. The second-order valence-electron chi connectivity index (χ2n) is 3.89. The quantitative estimate of drug-likeness (QED) is 0.432. The van der Waals surface area contributed by atoms with Gasteiger partial charge in [-0.2, -0.15) is 0 Å². The van der Waals surface area contributed by atoms with Crippen LogP contribution in [-0.2, 0) is 19.5 Å². The largest absolute Gasteiger partial charge is 0.464 e. The predicted molar refractivity (Wildman–Crippen MR) is 74.3 cm³/mol. The first kappa shape index (κ1) is 16.8. The van der Waals surface area contributed by atoms with Gasteiger partial charge in [-0.3, -0.25) is 0 Å². The predicted octanol–water partition coefficient (Wildman–Crippen LogP) is 0.801. The Kier molecular flexibility index (Phi) is 6.27. The summed E-state index contributed by atoms with van der Waals surface area (Å²) in [6.45, 7) is 6.14. The van der Waals surface area contributed by atoms with Gasteiger partial charge in [0.25, 0.3) is 10.0 Å². The molecule has 0 spiro atoms. The lowest BCUT2D eigenvalue weighted by Crippen LogP contribution is -2.28. The zero-order chi connectivity index (χ0) is 15.2. The fraction of sp³-hybridized carbons (Fsp3) is 0.455. The van der Waals surface area contributed by atoms with Crippen molar-refractivity contribution in [2.45, 2.75) is 11.1 Å². The molecule has 0 unspecified atom stereocenters. The van der Waals surface area contributed by atoms with E-state index in [0.29, 0.717) is 6.61 Å². The van der Waals surface area contributed by atoms with Crippen molar-refractivity contribution in [1.29, 1.82) is 0 Å². The fourth-order valence-electron chi connectivity index (χ4n) is 1.22. The zero-order valence-corrected chi connectivity index (χ0v) is 12.8. The van der Waals surface area contributed by atoms with Gasteiger partial charge in [0.15, 0.2) is 9.90 Å². The third-order valence-corrected chi connectivity index (χ3v) is 4.88. The highest BCUT2D eigenvalue weighted by atomic mass is 32.2. The van der Waals surface area contributed by atoms with E-state index < -0.39 is 16.0 Å². The van der Waals surface area contributed by atoms with Crippen molar-refractivity contribution < 1.29 is 22.7 Å². The average Bonchev–Trinajstić information content (AvgIpc) is 2.87.